The third-order valence-corrected chi connectivity index (χ3v) is 20.1. The van der Waals surface area contributed by atoms with E-state index in [0.29, 0.717) is 36.1 Å². The Morgan fingerprint density at radius 1 is 0.438 bits per heavy atom. The fraction of sp³-hybridized carbons (Fsp3) is 0.631. The lowest BCUT2D eigenvalue weighted by molar-refractivity contribution is -0.124. The first-order valence-corrected chi connectivity index (χ1v) is 33.0. The Morgan fingerprint density at radius 3 is 1.27 bits per heavy atom. The molecule has 0 aliphatic carbocycles. The fourth-order valence-electron chi connectivity index (χ4n) is 10.9. The van der Waals surface area contributed by atoms with E-state index in [1.54, 1.807) is 22.7 Å². The molecule has 2 amide bonds. The Kier molecular flexibility index (Phi) is 26.0. The molecule has 0 N–H and O–H groups in total. The summed E-state index contributed by atoms with van der Waals surface area (Å²) in [5.41, 5.74) is 3.05. The van der Waals surface area contributed by atoms with Gasteiger partial charge < -0.3 is 9.80 Å². The Balaban J connectivity index is 0.00000241. The molecule has 0 bridgehead atoms. The van der Waals surface area contributed by atoms with Crippen molar-refractivity contribution in [2.45, 2.75) is 243 Å². The van der Waals surface area contributed by atoms with Crippen LogP contribution in [0, 0.1) is 18.8 Å². The molecule has 7 rings (SSSR count). The minimum atomic E-state index is -0.0354. The first kappa shape index (κ1) is 60.8. The van der Waals surface area contributed by atoms with E-state index in [2.05, 4.69) is 114 Å². The van der Waals surface area contributed by atoms with Gasteiger partial charge >= 0.3 is 0 Å². The highest BCUT2D eigenvalue weighted by Gasteiger charge is 2.50. The Morgan fingerprint density at radius 2 is 0.822 bits per heavy atom. The van der Waals surface area contributed by atoms with Crippen molar-refractivity contribution in [2.75, 3.05) is 13.1 Å². The summed E-state index contributed by atoms with van der Waals surface area (Å²) >= 11 is 7.33. The highest BCUT2D eigenvalue weighted by Crippen LogP contribution is 2.52. The molecule has 2 atom stereocenters. The van der Waals surface area contributed by atoms with Crippen molar-refractivity contribution in [3.8, 4) is 9.75 Å². The van der Waals surface area contributed by atoms with Crippen LogP contribution in [-0.2, 0) is 15.0 Å². The molecule has 4 nitrogen and oxygen atoms in total. The molecule has 4 aromatic heterocycles. The molecule has 0 radical (unpaired) electrons. The third-order valence-electron chi connectivity index (χ3n) is 14.9. The molecular formula is C65H98N2O2S4. The fourth-order valence-corrected chi connectivity index (χ4v) is 15.5. The average molecular weight is 1070 g/mol. The number of carbonyl (C=O) groups is 2. The second kappa shape index (κ2) is 31.2. The van der Waals surface area contributed by atoms with E-state index in [1.807, 2.05) is 50.4 Å². The van der Waals surface area contributed by atoms with Gasteiger partial charge in [-0.1, -0.05) is 217 Å². The zero-order valence-electron chi connectivity index (χ0n) is 48.0. The van der Waals surface area contributed by atoms with Crippen LogP contribution in [0.1, 0.15) is 250 Å². The van der Waals surface area contributed by atoms with Crippen molar-refractivity contribution in [3.05, 3.63) is 79.2 Å². The molecule has 0 spiro atoms. The number of nitrogens with zero attached hydrogens (tertiary/aromatic N) is 2. The molecule has 2 aliphatic heterocycles. The van der Waals surface area contributed by atoms with Gasteiger partial charge in [0.1, 0.15) is 0 Å². The van der Waals surface area contributed by atoms with Crippen molar-refractivity contribution >= 4 is 88.7 Å². The average Bonchev–Trinajstić information content (AvgIpc) is 4.26. The van der Waals surface area contributed by atoms with Gasteiger partial charge in [0.05, 0.1) is 41.7 Å². The number of hydrogen-bond acceptors (Lipinski definition) is 6. The summed E-state index contributed by atoms with van der Waals surface area (Å²) in [5, 5.41) is 2.60. The maximum atomic E-state index is 15.8. The van der Waals surface area contributed by atoms with Crippen LogP contribution in [0.2, 0.25) is 0 Å². The van der Waals surface area contributed by atoms with E-state index < -0.39 is 0 Å². The minimum Gasteiger partial charge on any atom is -0.306 e. The summed E-state index contributed by atoms with van der Waals surface area (Å²) in [6, 6.07) is 18.2. The van der Waals surface area contributed by atoms with Gasteiger partial charge in [-0.05, 0) is 97.0 Å². The molecular weight excluding hydrogens is 969 g/mol. The summed E-state index contributed by atoms with van der Waals surface area (Å²) in [6.45, 7) is 27.5. The van der Waals surface area contributed by atoms with Crippen LogP contribution in [-0.4, -0.2) is 34.7 Å². The van der Waals surface area contributed by atoms with Crippen LogP contribution >= 0.6 is 45.3 Å². The molecule has 8 heteroatoms. The van der Waals surface area contributed by atoms with Crippen molar-refractivity contribution in [2.24, 2.45) is 11.8 Å². The molecule has 6 heterocycles. The molecule has 2 unspecified atom stereocenters. The van der Waals surface area contributed by atoms with Gasteiger partial charge in [-0.25, -0.2) is 0 Å². The number of carbonyl (C=O) groups excluding carboxylic acids is 2. The van der Waals surface area contributed by atoms with Gasteiger partial charge in [0.2, 0.25) is 0 Å². The monoisotopic (exact) mass is 1070 g/mol. The predicted molar refractivity (Wildman–Crippen MR) is 329 cm³/mol. The first-order chi connectivity index (χ1) is 35.5. The number of thiophene rings is 4. The van der Waals surface area contributed by atoms with E-state index in [-0.39, 0.29) is 17.2 Å². The molecule has 73 heavy (non-hydrogen) atoms. The smallest absolute Gasteiger partial charge is 0.261 e. The summed E-state index contributed by atoms with van der Waals surface area (Å²) in [6.07, 6.45) is 29.6. The maximum Gasteiger partial charge on any atom is 0.261 e. The molecule has 404 valence electrons. The van der Waals surface area contributed by atoms with E-state index in [4.69, 9.17) is 0 Å². The summed E-state index contributed by atoms with van der Waals surface area (Å²) in [5.74, 6) is 0.870. The Hall–Kier alpha value is -3.04. The van der Waals surface area contributed by atoms with E-state index in [1.165, 1.54) is 168 Å². The van der Waals surface area contributed by atoms with Crippen LogP contribution in [0.3, 0.4) is 0 Å². The third kappa shape index (κ3) is 16.2. The van der Waals surface area contributed by atoms with E-state index >= 15 is 9.59 Å². The topological polar surface area (TPSA) is 40.6 Å². The quantitative estimate of drug-likeness (QED) is 0.0415. The summed E-state index contributed by atoms with van der Waals surface area (Å²) in [4.78, 5) is 43.1. The zero-order valence-corrected chi connectivity index (χ0v) is 51.3. The van der Waals surface area contributed by atoms with Crippen LogP contribution in [0.15, 0.2) is 59.7 Å². The predicted octanol–water partition coefficient (Wildman–Crippen LogP) is 22.0. The highest BCUT2D eigenvalue weighted by atomic mass is 32.1. The number of amides is 2. The van der Waals surface area contributed by atoms with Gasteiger partial charge in [-0.2, -0.15) is 0 Å². The van der Waals surface area contributed by atoms with Crippen LogP contribution in [0.5, 0.6) is 0 Å². The van der Waals surface area contributed by atoms with Gasteiger partial charge in [0.15, 0.2) is 0 Å². The number of benzene rings is 1. The van der Waals surface area contributed by atoms with Crippen LogP contribution in [0.4, 0.5) is 0 Å². The lowest BCUT2D eigenvalue weighted by Crippen LogP contribution is -2.34. The molecule has 5 aromatic rings. The summed E-state index contributed by atoms with van der Waals surface area (Å²) in [7, 11) is 0. The van der Waals surface area contributed by atoms with Crippen molar-refractivity contribution in [1.82, 2.24) is 9.80 Å². The van der Waals surface area contributed by atoms with Crippen molar-refractivity contribution in [3.63, 3.8) is 0 Å². The maximum absolute atomic E-state index is 15.8. The molecule has 0 saturated heterocycles. The largest absolute Gasteiger partial charge is 0.306 e. The van der Waals surface area contributed by atoms with Gasteiger partial charge in [-0.3, -0.25) is 9.59 Å². The Bertz CT molecular complexity index is 2500. The van der Waals surface area contributed by atoms with E-state index in [9.17, 15) is 0 Å². The minimum absolute atomic E-state index is 0.0354. The standard InChI is InChI=1S/C61H86N2O2S4.2C2H6/c1-9-13-17-21-23-27-31-44(29-25-19-15-11-3)41-62-55(49-36-35-48(67-49)51-40-47-34-33-46-39-43(5)66-57(46)58(47)69-51)53-54(60(62)65)56(50-37-38-52(68-50)61(6,7)8)63(59(53)64)42-45(30-26-20-16-12-4)32-28-24-22-18-14-10-2;2*1-2/h33-40,44-45H,9-32,41-42H2,1-8H3;2*1-2H3. The van der Waals surface area contributed by atoms with Crippen molar-refractivity contribution in [1.29, 1.82) is 0 Å². The molecule has 0 fully saturated rings. The Labute approximate surface area is 461 Å². The number of hydrogen-bond donors (Lipinski definition) is 0. The highest BCUT2D eigenvalue weighted by molar-refractivity contribution is 7.30. The lowest BCUT2D eigenvalue weighted by Gasteiger charge is -2.29. The first-order valence-electron chi connectivity index (χ1n) is 29.7. The molecule has 0 saturated carbocycles. The molecule has 1 aromatic carbocycles. The number of aryl methyl sites for hydroxylation is 1. The van der Waals surface area contributed by atoms with Gasteiger partial charge in [0, 0.05) is 32.6 Å². The van der Waals surface area contributed by atoms with Gasteiger partial charge in [-0.15, -0.1) is 45.3 Å². The SMILES string of the molecule is CC.CC.CCCCCCCCC(CCCCCC)CN1C(=O)C2=C(c3ccc(C(C)(C)C)s3)N(CC(CCCCCC)CCCCCCCC)C(=O)C2=C1c1ccc(-c2cc3ccc4cc(C)sc4c3s2)s1. The van der Waals surface area contributed by atoms with Crippen LogP contribution < -0.4 is 0 Å². The van der Waals surface area contributed by atoms with Crippen molar-refractivity contribution < 1.29 is 9.59 Å². The lowest BCUT2D eigenvalue weighted by atomic mass is 9.93. The normalized spacial score (nSPS) is 14.7. The number of rotatable bonds is 31. The summed E-state index contributed by atoms with van der Waals surface area (Å²) < 4.78 is 2.72. The number of fused-ring (bicyclic) bond motifs is 4. The second-order valence-corrected chi connectivity index (χ2v) is 26.2. The van der Waals surface area contributed by atoms with E-state index in [0.717, 1.165) is 46.8 Å². The number of unbranched alkanes of at least 4 members (excludes halogenated alkanes) is 16. The van der Waals surface area contributed by atoms with Gasteiger partial charge in [0.25, 0.3) is 11.8 Å². The zero-order chi connectivity index (χ0) is 52.9. The van der Waals surface area contributed by atoms with Crippen LogP contribution in [0.25, 0.3) is 41.3 Å². The second-order valence-electron chi connectivity index (χ2n) is 21.8. The molecule has 2 aliphatic rings.